The average Bonchev–Trinajstić information content (AvgIpc) is 3.08. The molecule has 0 fully saturated rings. The maximum Gasteiger partial charge on any atom is 0.224 e. The minimum atomic E-state index is 0.00853. The number of hydrogen-bond acceptors (Lipinski definition) is 3. The van der Waals surface area contributed by atoms with Crippen LogP contribution in [0.2, 0.25) is 0 Å². The molecule has 5 heteroatoms. The van der Waals surface area contributed by atoms with Crippen LogP contribution >= 0.6 is 0 Å². The van der Waals surface area contributed by atoms with Crippen LogP contribution < -0.4 is 5.32 Å². The Hall–Kier alpha value is -3.47. The Morgan fingerprint density at radius 3 is 2.42 bits per heavy atom. The van der Waals surface area contributed by atoms with Crippen LogP contribution in [0.1, 0.15) is 40.2 Å². The Labute approximate surface area is 183 Å². The predicted molar refractivity (Wildman–Crippen MR) is 126 cm³/mol. The van der Waals surface area contributed by atoms with E-state index in [9.17, 15) is 4.79 Å². The molecule has 0 aliphatic rings. The first-order valence-electron chi connectivity index (χ1n) is 10.6. The molecule has 0 radical (unpaired) electrons. The molecule has 0 aliphatic carbocycles. The highest BCUT2D eigenvalue weighted by Gasteiger charge is 2.18. The van der Waals surface area contributed by atoms with Gasteiger partial charge in [-0.1, -0.05) is 42.5 Å². The Morgan fingerprint density at radius 1 is 0.935 bits per heavy atom. The van der Waals surface area contributed by atoms with Gasteiger partial charge < -0.3 is 5.32 Å². The first kappa shape index (κ1) is 20.8. The summed E-state index contributed by atoms with van der Waals surface area (Å²) in [5.74, 6) is 0.00853. The Kier molecular flexibility index (Phi) is 5.59. The molecule has 0 aliphatic heterocycles. The number of aryl methyl sites for hydroxylation is 4. The summed E-state index contributed by atoms with van der Waals surface area (Å²) in [5, 5.41) is 7.81. The van der Waals surface area contributed by atoms with Crippen LogP contribution in [0.25, 0.3) is 16.8 Å². The number of rotatable bonds is 5. The highest BCUT2D eigenvalue weighted by atomic mass is 16.1. The normalized spacial score (nSPS) is 11.1. The molecule has 2 aromatic carbocycles. The highest BCUT2D eigenvalue weighted by Crippen LogP contribution is 2.29. The van der Waals surface area contributed by atoms with E-state index in [1.807, 2.05) is 68.6 Å². The van der Waals surface area contributed by atoms with Gasteiger partial charge in [0.15, 0.2) is 5.65 Å². The number of fused-ring (bicyclic) bond motifs is 1. The molecule has 4 aromatic rings. The van der Waals surface area contributed by atoms with E-state index in [1.54, 1.807) is 0 Å². The van der Waals surface area contributed by atoms with Crippen molar-refractivity contribution in [2.24, 2.45) is 0 Å². The monoisotopic (exact) mass is 412 g/mol. The van der Waals surface area contributed by atoms with Crippen LogP contribution in [0, 0.1) is 34.6 Å². The number of hydrogen-bond donors (Lipinski definition) is 1. The number of nitrogens with zero attached hydrogens (tertiary/aromatic N) is 3. The minimum Gasteiger partial charge on any atom is -0.326 e. The van der Waals surface area contributed by atoms with E-state index >= 15 is 0 Å². The number of amides is 1. The first-order valence-corrected chi connectivity index (χ1v) is 10.6. The molecule has 31 heavy (non-hydrogen) atoms. The Morgan fingerprint density at radius 2 is 1.68 bits per heavy atom. The molecule has 0 saturated heterocycles. The quantitative estimate of drug-likeness (QED) is 0.470. The van der Waals surface area contributed by atoms with Gasteiger partial charge in [0.2, 0.25) is 5.91 Å². The van der Waals surface area contributed by atoms with Crippen LogP contribution in [0.15, 0.2) is 48.5 Å². The molecule has 158 valence electrons. The van der Waals surface area contributed by atoms with E-state index in [1.165, 1.54) is 5.56 Å². The summed E-state index contributed by atoms with van der Waals surface area (Å²) in [7, 11) is 0. The van der Waals surface area contributed by atoms with Crippen molar-refractivity contribution in [3.8, 4) is 11.1 Å². The summed E-state index contributed by atoms with van der Waals surface area (Å²) >= 11 is 0. The van der Waals surface area contributed by atoms with Crippen molar-refractivity contribution in [1.29, 1.82) is 0 Å². The van der Waals surface area contributed by atoms with Crippen molar-refractivity contribution < 1.29 is 4.79 Å². The second kappa shape index (κ2) is 8.34. The zero-order valence-electron chi connectivity index (χ0n) is 18.8. The van der Waals surface area contributed by atoms with Gasteiger partial charge in [-0.3, -0.25) is 4.79 Å². The molecule has 1 amide bonds. The van der Waals surface area contributed by atoms with E-state index < -0.39 is 0 Å². The molecule has 0 spiro atoms. The fraction of sp³-hybridized carbons (Fsp3) is 0.269. The highest BCUT2D eigenvalue weighted by molar-refractivity contribution is 5.91. The molecule has 0 unspecified atom stereocenters. The number of nitrogens with one attached hydrogen (secondary N) is 1. The molecular formula is C26H28N4O. The third kappa shape index (κ3) is 3.96. The topological polar surface area (TPSA) is 59.3 Å². The smallest absolute Gasteiger partial charge is 0.224 e. The molecule has 0 bridgehead atoms. The van der Waals surface area contributed by atoms with Crippen molar-refractivity contribution in [2.75, 3.05) is 5.32 Å². The van der Waals surface area contributed by atoms with Gasteiger partial charge in [0.05, 0.1) is 5.69 Å². The molecule has 0 atom stereocenters. The maximum atomic E-state index is 12.6. The first-order chi connectivity index (χ1) is 14.9. The van der Waals surface area contributed by atoms with Gasteiger partial charge in [-0.05, 0) is 69.4 Å². The van der Waals surface area contributed by atoms with Crippen LogP contribution in [0.3, 0.4) is 0 Å². The summed E-state index contributed by atoms with van der Waals surface area (Å²) in [6, 6.07) is 16.2. The van der Waals surface area contributed by atoms with Gasteiger partial charge in [0.1, 0.15) is 0 Å². The third-order valence-corrected chi connectivity index (χ3v) is 6.04. The lowest BCUT2D eigenvalue weighted by Crippen LogP contribution is -2.15. The van der Waals surface area contributed by atoms with E-state index in [0.717, 1.165) is 50.7 Å². The molecule has 5 nitrogen and oxygen atoms in total. The van der Waals surface area contributed by atoms with Gasteiger partial charge in [0.25, 0.3) is 0 Å². The number of anilines is 1. The zero-order valence-corrected chi connectivity index (χ0v) is 18.8. The van der Waals surface area contributed by atoms with Crippen molar-refractivity contribution in [3.63, 3.8) is 0 Å². The lowest BCUT2D eigenvalue weighted by molar-refractivity contribution is -0.116. The fourth-order valence-corrected chi connectivity index (χ4v) is 4.11. The zero-order chi connectivity index (χ0) is 22.1. The SMILES string of the molecule is Cc1cccc(NC(=O)CCc2c(C)nc3c(-c4ccccc4)c(C)nn3c2C)c1C. The summed E-state index contributed by atoms with van der Waals surface area (Å²) in [5.41, 5.74) is 10.2. The lowest BCUT2D eigenvalue weighted by atomic mass is 10.0. The average molecular weight is 413 g/mol. The minimum absolute atomic E-state index is 0.00853. The van der Waals surface area contributed by atoms with Crippen molar-refractivity contribution in [2.45, 2.75) is 47.5 Å². The van der Waals surface area contributed by atoms with Crippen LogP contribution in [0.5, 0.6) is 0 Å². The van der Waals surface area contributed by atoms with Crippen molar-refractivity contribution in [3.05, 3.63) is 82.3 Å². The van der Waals surface area contributed by atoms with Crippen molar-refractivity contribution >= 4 is 17.2 Å². The summed E-state index contributed by atoms with van der Waals surface area (Å²) in [4.78, 5) is 17.5. The van der Waals surface area contributed by atoms with Gasteiger partial charge >= 0.3 is 0 Å². The lowest BCUT2D eigenvalue weighted by Gasteiger charge is -2.13. The second-order valence-corrected chi connectivity index (χ2v) is 8.12. The number of carbonyl (C=O) groups excluding carboxylic acids is 1. The van der Waals surface area contributed by atoms with Gasteiger partial charge in [-0.15, -0.1) is 0 Å². The number of carbonyl (C=O) groups is 1. The Bertz CT molecular complexity index is 1270. The molecule has 0 saturated carbocycles. The van der Waals surface area contributed by atoms with Crippen LogP contribution in [0.4, 0.5) is 5.69 Å². The molecule has 2 heterocycles. The third-order valence-electron chi connectivity index (χ3n) is 6.04. The number of benzene rings is 2. The van der Waals surface area contributed by atoms with Gasteiger partial charge in [-0.25, -0.2) is 9.50 Å². The molecular weight excluding hydrogens is 384 g/mol. The van der Waals surface area contributed by atoms with E-state index in [-0.39, 0.29) is 5.91 Å². The molecule has 4 rings (SSSR count). The summed E-state index contributed by atoms with van der Waals surface area (Å²) in [6.07, 6.45) is 1.02. The van der Waals surface area contributed by atoms with E-state index in [2.05, 4.69) is 24.4 Å². The van der Waals surface area contributed by atoms with E-state index in [4.69, 9.17) is 10.1 Å². The van der Waals surface area contributed by atoms with Gasteiger partial charge in [0, 0.05) is 29.1 Å². The maximum absolute atomic E-state index is 12.6. The molecule has 1 N–H and O–H groups in total. The summed E-state index contributed by atoms with van der Waals surface area (Å²) in [6.45, 7) is 10.2. The number of aromatic nitrogens is 3. The molecule has 2 aromatic heterocycles. The van der Waals surface area contributed by atoms with Crippen LogP contribution in [-0.2, 0) is 11.2 Å². The largest absolute Gasteiger partial charge is 0.326 e. The van der Waals surface area contributed by atoms with E-state index in [0.29, 0.717) is 12.8 Å². The van der Waals surface area contributed by atoms with Gasteiger partial charge in [-0.2, -0.15) is 5.10 Å². The van der Waals surface area contributed by atoms with Crippen molar-refractivity contribution in [1.82, 2.24) is 14.6 Å². The predicted octanol–water partition coefficient (Wildman–Crippen LogP) is 5.51. The summed E-state index contributed by atoms with van der Waals surface area (Å²) < 4.78 is 1.92. The Balaban J connectivity index is 1.60. The second-order valence-electron chi connectivity index (χ2n) is 8.12. The van der Waals surface area contributed by atoms with Crippen LogP contribution in [-0.4, -0.2) is 20.5 Å². The standard InChI is InChI=1S/C26H28N4O/c1-16-10-9-13-23(17(16)2)28-24(31)15-14-22-18(3)27-26-25(21-11-7-6-8-12-21)19(4)29-30(26)20(22)5/h6-13H,14-15H2,1-5H3,(H,28,31). The fourth-order valence-electron chi connectivity index (χ4n) is 4.11.